The van der Waals surface area contributed by atoms with E-state index in [-0.39, 0.29) is 31.4 Å². The Hall–Kier alpha value is -0.490. The van der Waals surface area contributed by atoms with Crippen LogP contribution in [0.25, 0.3) is 0 Å². The topological polar surface area (TPSA) is 90.1 Å². The lowest BCUT2D eigenvalue weighted by Crippen LogP contribution is -2.09. The van der Waals surface area contributed by atoms with E-state index in [1.54, 1.807) is 6.20 Å². The summed E-state index contributed by atoms with van der Waals surface area (Å²) < 4.78 is 1.53. The molecule has 0 radical (unpaired) electrons. The van der Waals surface area contributed by atoms with E-state index in [1.807, 2.05) is 0 Å². The monoisotopic (exact) mass is 228 g/mol. The lowest BCUT2D eigenvalue weighted by Gasteiger charge is -2.00. The molecule has 0 bridgehead atoms. The van der Waals surface area contributed by atoms with Crippen molar-refractivity contribution in [3.8, 4) is 0 Å². The van der Waals surface area contributed by atoms with E-state index in [1.165, 1.54) is 4.68 Å². The average Bonchev–Trinajstić information content (AvgIpc) is 2.34. The zero-order chi connectivity index (χ0) is 8.27. The first-order valence-corrected chi connectivity index (χ1v) is 3.40. The second-order valence-electron chi connectivity index (χ2n) is 2.21. The van der Waals surface area contributed by atoms with Crippen molar-refractivity contribution in [2.75, 3.05) is 12.3 Å². The normalized spacial score (nSPS) is 8.77. The minimum Gasteiger partial charge on any atom is -0.394 e. The Morgan fingerprint density at radius 1 is 1.46 bits per heavy atom. The highest BCUT2D eigenvalue weighted by molar-refractivity contribution is 5.85. The van der Waals surface area contributed by atoms with Gasteiger partial charge in [-0.25, -0.2) is 4.68 Å². The third-order valence-electron chi connectivity index (χ3n) is 1.49. The smallest absolute Gasteiger partial charge is 0.126 e. The van der Waals surface area contributed by atoms with Crippen LogP contribution < -0.4 is 11.5 Å². The lowest BCUT2D eigenvalue weighted by molar-refractivity contribution is 0.270. The van der Waals surface area contributed by atoms with Gasteiger partial charge in [0.15, 0.2) is 0 Å². The predicted octanol–water partition coefficient (Wildman–Crippen LogP) is -0.240. The first-order chi connectivity index (χ1) is 5.29. The van der Waals surface area contributed by atoms with Crippen LogP contribution in [0.3, 0.4) is 0 Å². The van der Waals surface area contributed by atoms with Gasteiger partial charge in [0.05, 0.1) is 19.3 Å². The molecule has 1 rings (SSSR count). The zero-order valence-electron chi connectivity index (χ0n) is 7.01. The first-order valence-electron chi connectivity index (χ1n) is 3.40. The number of nitrogens with two attached hydrogens (primary N) is 2. The molecule has 7 heteroatoms. The number of hydrogen-bond donors (Lipinski definition) is 3. The summed E-state index contributed by atoms with van der Waals surface area (Å²) in [5.41, 5.74) is 11.8. The molecule has 0 amide bonds. The fourth-order valence-electron chi connectivity index (χ4n) is 0.864. The highest BCUT2D eigenvalue weighted by atomic mass is 35.5. The van der Waals surface area contributed by atoms with Crippen molar-refractivity contribution < 1.29 is 5.11 Å². The number of aromatic nitrogens is 2. The highest BCUT2D eigenvalue weighted by Crippen LogP contribution is 2.08. The number of halogens is 2. The second-order valence-corrected chi connectivity index (χ2v) is 2.21. The molecule has 78 valence electrons. The Labute approximate surface area is 88.9 Å². The molecule has 0 fully saturated rings. The minimum atomic E-state index is 0. The molecule has 0 aliphatic rings. The summed E-state index contributed by atoms with van der Waals surface area (Å²) in [5.74, 6) is 0.543. The summed E-state index contributed by atoms with van der Waals surface area (Å²) >= 11 is 0. The van der Waals surface area contributed by atoms with Gasteiger partial charge >= 0.3 is 0 Å². The van der Waals surface area contributed by atoms with E-state index in [0.29, 0.717) is 18.9 Å². The van der Waals surface area contributed by atoms with Gasteiger partial charge in [0, 0.05) is 12.1 Å². The van der Waals surface area contributed by atoms with Crippen molar-refractivity contribution >= 4 is 30.6 Å². The summed E-state index contributed by atoms with van der Waals surface area (Å²) in [7, 11) is 0. The van der Waals surface area contributed by atoms with Crippen LogP contribution in [0.4, 0.5) is 5.82 Å². The molecular formula is C6H14Cl2N4O. The van der Waals surface area contributed by atoms with Crippen molar-refractivity contribution in [3.05, 3.63) is 11.8 Å². The zero-order valence-corrected chi connectivity index (χ0v) is 8.64. The van der Waals surface area contributed by atoms with E-state index in [4.69, 9.17) is 16.6 Å². The van der Waals surface area contributed by atoms with Gasteiger partial charge in [-0.15, -0.1) is 24.8 Å². The van der Waals surface area contributed by atoms with Gasteiger partial charge in [-0.3, -0.25) is 0 Å². The van der Waals surface area contributed by atoms with Crippen LogP contribution in [-0.2, 0) is 13.1 Å². The van der Waals surface area contributed by atoms with Crippen LogP contribution >= 0.6 is 24.8 Å². The summed E-state index contributed by atoms with van der Waals surface area (Å²) in [6, 6.07) is 0. The van der Waals surface area contributed by atoms with Gasteiger partial charge in [0.2, 0.25) is 0 Å². The molecule has 0 aromatic carbocycles. The molecule has 0 unspecified atom stereocenters. The van der Waals surface area contributed by atoms with E-state index < -0.39 is 0 Å². The summed E-state index contributed by atoms with van der Waals surface area (Å²) in [6.07, 6.45) is 1.62. The second kappa shape index (κ2) is 6.97. The molecule has 0 spiro atoms. The van der Waals surface area contributed by atoms with Crippen molar-refractivity contribution in [2.45, 2.75) is 13.1 Å². The quantitative estimate of drug-likeness (QED) is 0.667. The van der Waals surface area contributed by atoms with Crippen molar-refractivity contribution in [1.29, 1.82) is 0 Å². The van der Waals surface area contributed by atoms with Crippen molar-refractivity contribution in [2.24, 2.45) is 5.73 Å². The molecule has 1 aromatic rings. The van der Waals surface area contributed by atoms with Gasteiger partial charge < -0.3 is 16.6 Å². The summed E-state index contributed by atoms with van der Waals surface area (Å²) in [5, 5.41) is 12.5. The molecule has 1 aromatic heterocycles. The molecule has 5 N–H and O–H groups in total. The van der Waals surface area contributed by atoms with Crippen molar-refractivity contribution in [1.82, 2.24) is 9.78 Å². The Kier molecular flexibility index (Phi) is 8.04. The van der Waals surface area contributed by atoms with Gasteiger partial charge in [-0.1, -0.05) is 0 Å². The van der Waals surface area contributed by atoms with Crippen molar-refractivity contribution in [3.63, 3.8) is 0 Å². The third kappa shape index (κ3) is 3.40. The Morgan fingerprint density at radius 2 is 2.08 bits per heavy atom. The molecule has 5 nitrogen and oxygen atoms in total. The van der Waals surface area contributed by atoms with Crippen LogP contribution in [0.15, 0.2) is 6.20 Å². The summed E-state index contributed by atoms with van der Waals surface area (Å²) in [4.78, 5) is 0. The number of nitrogen functional groups attached to an aromatic ring is 1. The molecular weight excluding hydrogens is 215 g/mol. The molecule has 0 saturated heterocycles. The van der Waals surface area contributed by atoms with E-state index >= 15 is 0 Å². The van der Waals surface area contributed by atoms with Crippen LogP contribution in [0.5, 0.6) is 0 Å². The predicted molar refractivity (Wildman–Crippen MR) is 56.1 cm³/mol. The number of aliphatic hydroxyl groups is 1. The van der Waals surface area contributed by atoms with Gasteiger partial charge in [-0.05, 0) is 0 Å². The van der Waals surface area contributed by atoms with Crippen LogP contribution in [0.2, 0.25) is 0 Å². The van der Waals surface area contributed by atoms with E-state index in [2.05, 4.69) is 5.10 Å². The fourth-order valence-corrected chi connectivity index (χ4v) is 0.864. The number of hydrogen-bond acceptors (Lipinski definition) is 4. The number of rotatable bonds is 3. The first kappa shape index (κ1) is 15.0. The summed E-state index contributed by atoms with van der Waals surface area (Å²) in [6.45, 7) is 0.846. The van der Waals surface area contributed by atoms with Gasteiger partial charge in [0.1, 0.15) is 5.82 Å². The van der Waals surface area contributed by atoms with E-state index in [0.717, 1.165) is 5.56 Å². The fraction of sp³-hybridized carbons (Fsp3) is 0.500. The van der Waals surface area contributed by atoms with Gasteiger partial charge in [-0.2, -0.15) is 5.10 Å². The molecule has 0 aliphatic carbocycles. The number of nitrogens with zero attached hydrogens (tertiary/aromatic N) is 2. The average molecular weight is 229 g/mol. The maximum Gasteiger partial charge on any atom is 0.126 e. The standard InChI is InChI=1S/C6H12N4O.2ClH/c7-3-5-4-9-10(1-2-11)6(5)8;;/h4,11H,1-3,7-8H2;2*1H. The molecule has 1 heterocycles. The Balaban J connectivity index is 0. The highest BCUT2D eigenvalue weighted by Gasteiger charge is 2.03. The SMILES string of the molecule is Cl.Cl.NCc1cnn(CCO)c1N. The largest absolute Gasteiger partial charge is 0.394 e. The molecule has 0 aliphatic heterocycles. The molecule has 13 heavy (non-hydrogen) atoms. The van der Waals surface area contributed by atoms with Crippen LogP contribution in [0, 0.1) is 0 Å². The Morgan fingerprint density at radius 3 is 2.46 bits per heavy atom. The molecule has 0 saturated carbocycles. The van der Waals surface area contributed by atoms with Gasteiger partial charge in [0.25, 0.3) is 0 Å². The molecule has 0 atom stereocenters. The van der Waals surface area contributed by atoms with E-state index in [9.17, 15) is 0 Å². The minimum absolute atomic E-state index is 0. The van der Waals surface area contributed by atoms with Crippen LogP contribution in [-0.4, -0.2) is 21.5 Å². The number of aliphatic hydroxyl groups excluding tert-OH is 1. The maximum absolute atomic E-state index is 8.58. The Bertz CT molecular complexity index is 241. The maximum atomic E-state index is 8.58. The number of anilines is 1. The van der Waals surface area contributed by atoms with Crippen LogP contribution in [0.1, 0.15) is 5.56 Å². The lowest BCUT2D eigenvalue weighted by atomic mass is 10.3. The third-order valence-corrected chi connectivity index (χ3v) is 1.49.